The molecule has 122 valence electrons. The molecule has 0 aliphatic carbocycles. The van der Waals surface area contributed by atoms with E-state index in [0.29, 0.717) is 22.9 Å². The van der Waals surface area contributed by atoms with E-state index in [4.69, 9.17) is 11.6 Å². The summed E-state index contributed by atoms with van der Waals surface area (Å²) in [5, 5.41) is 14.7. The molecular formula is C17H15ClN4OS. The van der Waals surface area contributed by atoms with Crippen LogP contribution >= 0.6 is 23.1 Å². The zero-order valence-corrected chi connectivity index (χ0v) is 14.8. The number of aryl methyl sites for hydroxylation is 1. The minimum Gasteiger partial charge on any atom is -0.322 e. The highest BCUT2D eigenvalue weighted by atomic mass is 35.5. The highest BCUT2D eigenvalue weighted by molar-refractivity contribution is 7.10. The summed E-state index contributed by atoms with van der Waals surface area (Å²) < 4.78 is 4.32. The quantitative estimate of drug-likeness (QED) is 0.772. The Kier molecular flexibility index (Phi) is 4.39. The zero-order chi connectivity index (χ0) is 17.3. The summed E-state index contributed by atoms with van der Waals surface area (Å²) in [4.78, 5) is 14.9. The van der Waals surface area contributed by atoms with Crippen LogP contribution in [-0.2, 0) is 18.3 Å². The summed E-state index contributed by atoms with van der Waals surface area (Å²) in [5.41, 5.74) is 1.99. The molecule has 0 saturated heterocycles. The van der Waals surface area contributed by atoms with Gasteiger partial charge in [-0.15, -0.1) is 5.10 Å². The molecule has 0 radical (unpaired) electrons. The maximum atomic E-state index is 12.0. The maximum Gasteiger partial charge on any atom is 0.251 e. The monoisotopic (exact) mass is 358 g/mol. The largest absolute Gasteiger partial charge is 0.322 e. The number of pyridine rings is 1. The first-order chi connectivity index (χ1) is 11.5. The number of aromatic nitrogens is 3. The summed E-state index contributed by atoms with van der Waals surface area (Å²) >= 11 is 7.18. The summed E-state index contributed by atoms with van der Waals surface area (Å²) in [7, 11) is 0. The molecule has 3 aromatic rings. The van der Waals surface area contributed by atoms with E-state index in [1.54, 1.807) is 0 Å². The second-order valence-corrected chi connectivity index (χ2v) is 7.25. The standard InChI is InChI=1S/C17H15ClN4OS/c1-3-10-6-11-4-5-12(7-13(11)20-16(10)23)17(2,9-19)8-14-15(18)24-22-21-14/h4-7H,3,8H2,1-2H3,(H,20,23). The first-order valence-electron chi connectivity index (χ1n) is 7.51. The van der Waals surface area contributed by atoms with E-state index in [2.05, 4.69) is 20.6 Å². The van der Waals surface area contributed by atoms with E-state index < -0.39 is 5.41 Å². The van der Waals surface area contributed by atoms with Gasteiger partial charge < -0.3 is 4.98 Å². The number of nitrogens with one attached hydrogen (secondary N) is 1. The van der Waals surface area contributed by atoms with E-state index in [1.165, 1.54) is 0 Å². The van der Waals surface area contributed by atoms with Crippen LogP contribution in [0.3, 0.4) is 0 Å². The van der Waals surface area contributed by atoms with Crippen molar-refractivity contribution in [2.24, 2.45) is 0 Å². The Morgan fingerprint density at radius 3 is 2.83 bits per heavy atom. The average Bonchev–Trinajstić information content (AvgIpc) is 2.98. The van der Waals surface area contributed by atoms with Crippen LogP contribution in [0.2, 0.25) is 4.34 Å². The topological polar surface area (TPSA) is 82.4 Å². The number of fused-ring (bicyclic) bond motifs is 1. The fraction of sp³-hybridized carbons (Fsp3) is 0.294. The molecule has 1 aromatic carbocycles. The molecule has 1 N–H and O–H groups in total. The Bertz CT molecular complexity index is 1000. The van der Waals surface area contributed by atoms with Crippen molar-refractivity contribution in [2.45, 2.75) is 32.1 Å². The normalized spacial score (nSPS) is 13.6. The van der Waals surface area contributed by atoms with Gasteiger partial charge in [0.15, 0.2) is 0 Å². The number of halogens is 1. The molecule has 0 aliphatic heterocycles. The van der Waals surface area contributed by atoms with Gasteiger partial charge in [0, 0.05) is 29.0 Å². The van der Waals surface area contributed by atoms with Crippen molar-refractivity contribution in [3.8, 4) is 6.07 Å². The zero-order valence-electron chi connectivity index (χ0n) is 13.3. The highest BCUT2D eigenvalue weighted by Crippen LogP contribution is 2.32. The molecule has 0 bridgehead atoms. The Labute approximate surface area is 148 Å². The van der Waals surface area contributed by atoms with Crippen LogP contribution < -0.4 is 5.56 Å². The molecule has 2 heterocycles. The van der Waals surface area contributed by atoms with Crippen LogP contribution in [0, 0.1) is 11.3 Å². The smallest absolute Gasteiger partial charge is 0.251 e. The number of rotatable bonds is 4. The number of H-pyrrole nitrogens is 1. The van der Waals surface area contributed by atoms with Crippen LogP contribution in [0.25, 0.3) is 10.9 Å². The van der Waals surface area contributed by atoms with E-state index >= 15 is 0 Å². The molecule has 0 amide bonds. The minimum atomic E-state index is -0.812. The first kappa shape index (κ1) is 16.6. The van der Waals surface area contributed by atoms with Crippen molar-refractivity contribution in [3.63, 3.8) is 0 Å². The molecule has 24 heavy (non-hydrogen) atoms. The van der Waals surface area contributed by atoms with Gasteiger partial charge >= 0.3 is 0 Å². The van der Waals surface area contributed by atoms with Crippen LogP contribution in [0.1, 0.15) is 30.7 Å². The van der Waals surface area contributed by atoms with Gasteiger partial charge in [-0.1, -0.05) is 35.1 Å². The fourth-order valence-electron chi connectivity index (χ4n) is 2.70. The molecule has 3 rings (SSSR count). The third kappa shape index (κ3) is 2.93. The molecule has 0 spiro atoms. The van der Waals surface area contributed by atoms with Crippen molar-refractivity contribution in [3.05, 3.63) is 55.8 Å². The number of nitrogens with zero attached hydrogens (tertiary/aromatic N) is 3. The number of hydrogen-bond donors (Lipinski definition) is 1. The van der Waals surface area contributed by atoms with E-state index in [1.807, 2.05) is 38.1 Å². The minimum absolute atomic E-state index is 0.0902. The van der Waals surface area contributed by atoms with Gasteiger partial charge in [-0.05, 0) is 36.4 Å². The Morgan fingerprint density at radius 2 is 2.21 bits per heavy atom. The molecule has 0 saturated carbocycles. The van der Waals surface area contributed by atoms with Crippen LogP contribution in [-0.4, -0.2) is 14.6 Å². The third-order valence-electron chi connectivity index (χ3n) is 4.22. The summed E-state index contributed by atoms with van der Waals surface area (Å²) in [6.45, 7) is 3.78. The lowest BCUT2D eigenvalue weighted by Gasteiger charge is -2.21. The number of aromatic amines is 1. The van der Waals surface area contributed by atoms with Crippen molar-refractivity contribution < 1.29 is 0 Å². The van der Waals surface area contributed by atoms with Gasteiger partial charge in [0.2, 0.25) is 0 Å². The fourth-order valence-corrected chi connectivity index (χ4v) is 3.32. The predicted octanol–water partition coefficient (Wildman–Crippen LogP) is 3.62. The molecule has 7 heteroatoms. The average molecular weight is 359 g/mol. The SMILES string of the molecule is CCc1cc2ccc(C(C)(C#N)Cc3nnsc3Cl)cc2[nH]c1=O. The highest BCUT2D eigenvalue weighted by Gasteiger charge is 2.29. The first-order valence-corrected chi connectivity index (χ1v) is 8.66. The van der Waals surface area contributed by atoms with Gasteiger partial charge in [0.1, 0.15) is 4.34 Å². The lowest BCUT2D eigenvalue weighted by Crippen LogP contribution is -2.23. The van der Waals surface area contributed by atoms with Gasteiger partial charge in [-0.3, -0.25) is 4.79 Å². The van der Waals surface area contributed by atoms with Crippen LogP contribution in [0.15, 0.2) is 29.1 Å². The number of benzene rings is 1. The second-order valence-electron chi connectivity index (χ2n) is 5.89. The van der Waals surface area contributed by atoms with Gasteiger partial charge in [0.05, 0.1) is 17.2 Å². The van der Waals surface area contributed by atoms with Crippen LogP contribution in [0.4, 0.5) is 0 Å². The van der Waals surface area contributed by atoms with E-state index in [9.17, 15) is 10.1 Å². The third-order valence-corrected chi connectivity index (χ3v) is 5.20. The molecule has 2 aromatic heterocycles. The Balaban J connectivity index is 2.08. The van der Waals surface area contributed by atoms with Gasteiger partial charge in [-0.25, -0.2) is 0 Å². The second kappa shape index (κ2) is 6.34. The lowest BCUT2D eigenvalue weighted by molar-refractivity contribution is 0.596. The molecular weight excluding hydrogens is 344 g/mol. The Morgan fingerprint density at radius 1 is 1.42 bits per heavy atom. The number of hydrogen-bond acceptors (Lipinski definition) is 5. The molecule has 5 nitrogen and oxygen atoms in total. The molecule has 1 unspecified atom stereocenters. The molecule has 0 fully saturated rings. The van der Waals surface area contributed by atoms with Crippen molar-refractivity contribution in [1.82, 2.24) is 14.6 Å². The van der Waals surface area contributed by atoms with Crippen molar-refractivity contribution >= 4 is 34.0 Å². The lowest BCUT2D eigenvalue weighted by atomic mass is 9.80. The summed E-state index contributed by atoms with van der Waals surface area (Å²) in [6.07, 6.45) is 1.04. The summed E-state index contributed by atoms with van der Waals surface area (Å²) in [5.74, 6) is 0. The van der Waals surface area contributed by atoms with Crippen molar-refractivity contribution in [1.29, 1.82) is 5.26 Å². The Hall–Kier alpha value is -2.23. The number of nitriles is 1. The molecule has 0 aliphatic rings. The predicted molar refractivity (Wildman–Crippen MR) is 95.5 cm³/mol. The van der Waals surface area contributed by atoms with Gasteiger partial charge in [-0.2, -0.15) is 5.26 Å². The molecule has 1 atom stereocenters. The summed E-state index contributed by atoms with van der Waals surface area (Å²) in [6, 6.07) is 9.93. The van der Waals surface area contributed by atoms with Crippen LogP contribution in [0.5, 0.6) is 0 Å². The van der Waals surface area contributed by atoms with Gasteiger partial charge in [0.25, 0.3) is 5.56 Å². The maximum absolute atomic E-state index is 12.0. The van der Waals surface area contributed by atoms with E-state index in [-0.39, 0.29) is 5.56 Å². The van der Waals surface area contributed by atoms with E-state index in [0.717, 1.165) is 33.6 Å². The van der Waals surface area contributed by atoms with Crippen molar-refractivity contribution in [2.75, 3.05) is 0 Å².